The maximum Gasteiger partial charge on any atom is 0.390 e. The Morgan fingerprint density at radius 1 is 1.29 bits per heavy atom. The second kappa shape index (κ2) is 5.67. The van der Waals surface area contributed by atoms with E-state index < -0.39 is 24.3 Å². The topological polar surface area (TPSA) is 32.3 Å². The molecule has 2 atom stereocenters. The van der Waals surface area contributed by atoms with Gasteiger partial charge in [-0.25, -0.2) is 0 Å². The van der Waals surface area contributed by atoms with E-state index in [-0.39, 0.29) is 12.5 Å². The van der Waals surface area contributed by atoms with E-state index in [9.17, 15) is 18.0 Å². The van der Waals surface area contributed by atoms with Gasteiger partial charge in [-0.05, 0) is 18.9 Å². The monoisotopic (exact) mass is 300 g/mol. The molecule has 1 fully saturated rings. The van der Waals surface area contributed by atoms with Gasteiger partial charge in [0.25, 0.3) is 0 Å². The van der Waals surface area contributed by atoms with Crippen molar-refractivity contribution < 1.29 is 18.0 Å². The Hall–Kier alpha value is -1.56. The molecule has 1 aliphatic rings. The highest BCUT2D eigenvalue weighted by Gasteiger charge is 2.47. The number of nitrogens with one attached hydrogen (secondary N) is 1. The Balaban J connectivity index is 2.26. The number of hydrogen-bond acceptors (Lipinski definition) is 2. The first kappa shape index (κ1) is 15.8. The molecule has 1 heterocycles. The van der Waals surface area contributed by atoms with Gasteiger partial charge in [0.15, 0.2) is 0 Å². The first-order chi connectivity index (χ1) is 9.77. The molecule has 0 bridgehead atoms. The molecule has 0 aromatic heterocycles. The molecule has 1 amide bonds. The van der Waals surface area contributed by atoms with E-state index in [0.717, 1.165) is 5.56 Å². The maximum absolute atomic E-state index is 12.5. The zero-order valence-corrected chi connectivity index (χ0v) is 12.1. The summed E-state index contributed by atoms with van der Waals surface area (Å²) in [6.45, 7) is 3.25. The van der Waals surface area contributed by atoms with Crippen LogP contribution in [0.25, 0.3) is 0 Å². The first-order valence-corrected chi connectivity index (χ1v) is 6.97. The lowest BCUT2D eigenvalue weighted by Crippen LogP contribution is -2.43. The molecule has 21 heavy (non-hydrogen) atoms. The number of benzene rings is 1. The van der Waals surface area contributed by atoms with Crippen LogP contribution in [0.1, 0.15) is 38.4 Å². The Kier molecular flexibility index (Phi) is 4.27. The predicted molar refractivity (Wildman–Crippen MR) is 73.4 cm³/mol. The summed E-state index contributed by atoms with van der Waals surface area (Å²) in [6, 6.07) is 9.08. The number of alkyl halides is 3. The average molecular weight is 300 g/mol. The second-order valence-electron chi connectivity index (χ2n) is 5.51. The zero-order valence-electron chi connectivity index (χ0n) is 12.1. The number of carbonyl (C=O) groups excluding carboxylic acids is 1. The van der Waals surface area contributed by atoms with Gasteiger partial charge in [0.05, 0.1) is 12.0 Å². The van der Waals surface area contributed by atoms with Gasteiger partial charge in [-0.15, -0.1) is 0 Å². The highest BCUT2D eigenvalue weighted by molar-refractivity contribution is 5.88. The normalized spacial score (nSPS) is 26.4. The molecule has 6 heteroatoms. The molecule has 1 aromatic carbocycles. The third-order valence-corrected chi connectivity index (χ3v) is 3.96. The van der Waals surface area contributed by atoms with Crippen LogP contribution in [0.4, 0.5) is 13.2 Å². The molecule has 0 aliphatic carbocycles. The molecule has 0 saturated carbocycles. The van der Waals surface area contributed by atoms with Crippen molar-refractivity contribution >= 4 is 5.91 Å². The van der Waals surface area contributed by atoms with Gasteiger partial charge < -0.3 is 4.90 Å². The molecule has 0 radical (unpaired) electrons. The van der Waals surface area contributed by atoms with E-state index in [4.69, 9.17) is 0 Å². The lowest BCUT2D eigenvalue weighted by atomic mass is 9.99. The molecule has 1 saturated heterocycles. The quantitative estimate of drug-likeness (QED) is 0.926. The molecule has 1 aliphatic heterocycles. The van der Waals surface area contributed by atoms with Crippen molar-refractivity contribution in [3.05, 3.63) is 35.9 Å². The van der Waals surface area contributed by atoms with Crippen molar-refractivity contribution in [3.63, 3.8) is 0 Å². The van der Waals surface area contributed by atoms with E-state index in [1.165, 1.54) is 4.90 Å². The summed E-state index contributed by atoms with van der Waals surface area (Å²) >= 11 is 0. The summed E-state index contributed by atoms with van der Waals surface area (Å²) < 4.78 is 37.4. The SMILES string of the molecule is CCC1(C)NC(c2ccccc2)N(CCC(F)(F)F)C1=O. The third-order valence-electron chi connectivity index (χ3n) is 3.96. The van der Waals surface area contributed by atoms with E-state index in [1.54, 1.807) is 6.92 Å². The minimum atomic E-state index is -4.27. The summed E-state index contributed by atoms with van der Waals surface area (Å²) in [5, 5.41) is 3.18. The van der Waals surface area contributed by atoms with Gasteiger partial charge in [0.1, 0.15) is 6.17 Å². The smallest absolute Gasteiger partial charge is 0.321 e. The Labute approximate surface area is 122 Å². The van der Waals surface area contributed by atoms with E-state index in [2.05, 4.69) is 5.32 Å². The summed E-state index contributed by atoms with van der Waals surface area (Å²) in [5.74, 6) is -0.275. The number of halogens is 3. The van der Waals surface area contributed by atoms with Gasteiger partial charge in [0.2, 0.25) is 5.91 Å². The average Bonchev–Trinajstić information content (AvgIpc) is 2.70. The van der Waals surface area contributed by atoms with Crippen LogP contribution in [-0.2, 0) is 4.79 Å². The highest BCUT2D eigenvalue weighted by atomic mass is 19.4. The van der Waals surface area contributed by atoms with Crippen LogP contribution in [0.3, 0.4) is 0 Å². The van der Waals surface area contributed by atoms with Crippen molar-refractivity contribution in [3.8, 4) is 0 Å². The van der Waals surface area contributed by atoms with Crippen molar-refractivity contribution in [1.82, 2.24) is 10.2 Å². The Morgan fingerprint density at radius 2 is 1.90 bits per heavy atom. The van der Waals surface area contributed by atoms with E-state index in [1.807, 2.05) is 37.3 Å². The molecule has 1 N–H and O–H groups in total. The number of rotatable bonds is 4. The largest absolute Gasteiger partial charge is 0.390 e. The Bertz CT molecular complexity index is 503. The van der Waals surface area contributed by atoms with Gasteiger partial charge in [-0.2, -0.15) is 13.2 Å². The van der Waals surface area contributed by atoms with Crippen LogP contribution in [0.5, 0.6) is 0 Å². The van der Waals surface area contributed by atoms with Gasteiger partial charge in [-0.1, -0.05) is 37.3 Å². The van der Waals surface area contributed by atoms with Crippen LogP contribution in [0.15, 0.2) is 30.3 Å². The summed E-state index contributed by atoms with van der Waals surface area (Å²) in [7, 11) is 0. The molecule has 0 spiro atoms. The minimum absolute atomic E-state index is 0.275. The number of nitrogens with zero attached hydrogens (tertiary/aromatic N) is 1. The van der Waals surface area contributed by atoms with E-state index in [0.29, 0.717) is 6.42 Å². The summed E-state index contributed by atoms with van der Waals surface area (Å²) in [5.41, 5.74) is -0.0169. The van der Waals surface area contributed by atoms with Crippen molar-refractivity contribution in [2.75, 3.05) is 6.54 Å². The van der Waals surface area contributed by atoms with Crippen LogP contribution in [0, 0.1) is 0 Å². The fraction of sp³-hybridized carbons (Fsp3) is 0.533. The van der Waals surface area contributed by atoms with Crippen LogP contribution in [0.2, 0.25) is 0 Å². The predicted octanol–water partition coefficient (Wildman–Crippen LogP) is 3.24. The maximum atomic E-state index is 12.5. The molecular formula is C15H19F3N2O. The van der Waals surface area contributed by atoms with Crippen molar-refractivity contribution in [1.29, 1.82) is 0 Å². The highest BCUT2D eigenvalue weighted by Crippen LogP contribution is 2.33. The number of hydrogen-bond donors (Lipinski definition) is 1. The van der Waals surface area contributed by atoms with Crippen LogP contribution >= 0.6 is 0 Å². The molecule has 2 unspecified atom stereocenters. The third kappa shape index (κ3) is 3.37. The zero-order chi connectivity index (χ0) is 15.7. The van der Waals surface area contributed by atoms with E-state index >= 15 is 0 Å². The second-order valence-corrected chi connectivity index (χ2v) is 5.51. The lowest BCUT2D eigenvalue weighted by molar-refractivity contribution is -0.146. The minimum Gasteiger partial charge on any atom is -0.321 e. The number of amides is 1. The lowest BCUT2D eigenvalue weighted by Gasteiger charge is -2.25. The molecular weight excluding hydrogens is 281 g/mol. The van der Waals surface area contributed by atoms with Crippen LogP contribution in [-0.4, -0.2) is 29.1 Å². The fourth-order valence-corrected chi connectivity index (χ4v) is 2.51. The van der Waals surface area contributed by atoms with Crippen molar-refractivity contribution in [2.24, 2.45) is 0 Å². The molecule has 3 nitrogen and oxygen atoms in total. The Morgan fingerprint density at radius 3 is 2.43 bits per heavy atom. The van der Waals surface area contributed by atoms with Crippen LogP contribution < -0.4 is 5.32 Å². The van der Waals surface area contributed by atoms with Gasteiger partial charge in [-0.3, -0.25) is 10.1 Å². The first-order valence-electron chi connectivity index (χ1n) is 6.97. The number of carbonyl (C=O) groups is 1. The molecule has 2 rings (SSSR count). The van der Waals surface area contributed by atoms with Crippen molar-refractivity contribution in [2.45, 2.75) is 44.6 Å². The fourth-order valence-electron chi connectivity index (χ4n) is 2.51. The molecule has 116 valence electrons. The standard InChI is InChI=1S/C15H19F3N2O/c1-3-14(2)13(21)20(10-9-15(16,17)18)12(19-14)11-7-5-4-6-8-11/h4-8,12,19H,3,9-10H2,1-2H3. The summed E-state index contributed by atoms with van der Waals surface area (Å²) in [4.78, 5) is 13.8. The molecule has 1 aromatic rings. The summed E-state index contributed by atoms with van der Waals surface area (Å²) in [6.07, 6.45) is -5.25. The van der Waals surface area contributed by atoms with Gasteiger partial charge >= 0.3 is 6.18 Å². The van der Waals surface area contributed by atoms with Gasteiger partial charge in [0, 0.05) is 6.54 Å².